The number of halogens is 6. The molecule has 0 amide bonds. The highest BCUT2D eigenvalue weighted by Crippen LogP contribution is 2.34. The third-order valence-electron chi connectivity index (χ3n) is 3.24. The molecule has 3 aliphatic carbocycles. The smallest absolute Gasteiger partial charge is 0.0228 e. The van der Waals surface area contributed by atoms with E-state index in [2.05, 4.69) is 136 Å². The van der Waals surface area contributed by atoms with Gasteiger partial charge in [-0.05, 0) is 38.5 Å². The van der Waals surface area contributed by atoms with Gasteiger partial charge in [0.2, 0.25) is 0 Å². The molecule has 0 bridgehead atoms. The number of rotatable bonds is 0. The Morgan fingerprint density at radius 1 is 0.444 bits per heavy atom. The maximum Gasteiger partial charge on any atom is 0.0228 e. The van der Waals surface area contributed by atoms with Crippen LogP contribution in [0.4, 0.5) is 0 Å². The quantitative estimate of drug-likeness (QED) is 0.179. The van der Waals surface area contributed by atoms with Crippen LogP contribution in [0.2, 0.25) is 0 Å². The Bertz CT molecular complexity index is 193. The fraction of sp³-hybridized carbons (Fsp3) is 1.00. The summed E-state index contributed by atoms with van der Waals surface area (Å²) in [6.07, 6.45) is 8.70. The third-order valence-corrected chi connectivity index (χ3v) is 14.0. The standard InChI is InChI=1S/3C4H6I2/c5-3-1-4(6)2-3;2*5-3-1-2-4(3)6/h3*3-4H,1-2H2. The summed E-state index contributed by atoms with van der Waals surface area (Å²) in [4.78, 5) is 0. The lowest BCUT2D eigenvalue weighted by molar-refractivity contribution is 0.578. The zero-order valence-corrected chi connectivity index (χ0v) is 22.9. The van der Waals surface area contributed by atoms with E-state index in [1.165, 1.54) is 38.5 Å². The Morgan fingerprint density at radius 3 is 0.667 bits per heavy atom. The van der Waals surface area contributed by atoms with Crippen LogP contribution in [0.15, 0.2) is 0 Å². The van der Waals surface area contributed by atoms with E-state index < -0.39 is 0 Å². The molecule has 0 aromatic heterocycles. The first kappa shape index (κ1) is 20.4. The highest BCUT2D eigenvalue weighted by atomic mass is 127. The maximum atomic E-state index is 2.51. The Balaban J connectivity index is 0.000000135. The molecule has 3 aliphatic rings. The van der Waals surface area contributed by atoms with Crippen molar-refractivity contribution in [1.29, 1.82) is 0 Å². The molecular formula is C12H18I6. The van der Waals surface area contributed by atoms with Crippen LogP contribution in [0.5, 0.6) is 0 Å². The van der Waals surface area contributed by atoms with Gasteiger partial charge in [0.05, 0.1) is 0 Å². The Kier molecular flexibility index (Phi) is 12.5. The topological polar surface area (TPSA) is 0 Å². The first-order valence-electron chi connectivity index (χ1n) is 6.24. The second-order valence-corrected chi connectivity index (χ2v) is 14.8. The van der Waals surface area contributed by atoms with Crippen LogP contribution in [0.3, 0.4) is 0 Å². The average molecular weight is 924 g/mol. The Morgan fingerprint density at radius 2 is 0.667 bits per heavy atom. The Labute approximate surface area is 193 Å². The van der Waals surface area contributed by atoms with Gasteiger partial charge in [-0.2, -0.15) is 0 Å². The molecule has 0 radical (unpaired) electrons. The molecule has 3 rings (SSSR count). The molecule has 0 aliphatic heterocycles. The molecule has 0 aromatic carbocycles. The van der Waals surface area contributed by atoms with E-state index in [1.54, 1.807) is 0 Å². The molecule has 0 N–H and O–H groups in total. The Hall–Kier alpha value is 4.38. The number of hydrogen-bond donors (Lipinski definition) is 0. The van der Waals surface area contributed by atoms with E-state index in [1.807, 2.05) is 0 Å². The average Bonchev–Trinajstić information content (AvgIpc) is 2.34. The number of hydrogen-bond acceptors (Lipinski definition) is 0. The van der Waals surface area contributed by atoms with E-state index in [9.17, 15) is 0 Å². The molecule has 0 saturated heterocycles. The van der Waals surface area contributed by atoms with Gasteiger partial charge in [0.25, 0.3) is 0 Å². The van der Waals surface area contributed by atoms with Crippen molar-refractivity contribution in [3.63, 3.8) is 0 Å². The maximum absolute atomic E-state index is 2.51. The van der Waals surface area contributed by atoms with Gasteiger partial charge in [-0.25, -0.2) is 0 Å². The van der Waals surface area contributed by atoms with Crippen molar-refractivity contribution in [3.8, 4) is 0 Å². The van der Waals surface area contributed by atoms with Crippen molar-refractivity contribution in [3.05, 3.63) is 0 Å². The second-order valence-electron chi connectivity index (χ2n) is 4.88. The van der Waals surface area contributed by atoms with E-state index in [-0.39, 0.29) is 0 Å². The summed E-state index contributed by atoms with van der Waals surface area (Å²) in [5, 5.41) is 0. The van der Waals surface area contributed by atoms with Gasteiger partial charge < -0.3 is 0 Å². The minimum Gasteiger partial charge on any atom is -0.0825 e. The zero-order valence-electron chi connectivity index (χ0n) is 9.97. The van der Waals surface area contributed by atoms with Crippen molar-refractivity contribution < 1.29 is 0 Å². The van der Waals surface area contributed by atoms with Crippen molar-refractivity contribution >= 4 is 136 Å². The lowest BCUT2D eigenvalue weighted by Gasteiger charge is -2.26. The molecule has 3 fully saturated rings. The van der Waals surface area contributed by atoms with Gasteiger partial charge in [0.15, 0.2) is 0 Å². The molecular weight excluding hydrogens is 906 g/mol. The van der Waals surface area contributed by atoms with Crippen LogP contribution in [-0.2, 0) is 0 Å². The summed E-state index contributed by atoms with van der Waals surface area (Å²) in [6.45, 7) is 0. The largest absolute Gasteiger partial charge is 0.0825 e. The van der Waals surface area contributed by atoms with Gasteiger partial charge in [-0.15, -0.1) is 0 Å². The summed E-state index contributed by atoms with van der Waals surface area (Å²) < 4.78 is 5.96. The molecule has 18 heavy (non-hydrogen) atoms. The fourth-order valence-electron chi connectivity index (χ4n) is 1.32. The first-order valence-corrected chi connectivity index (χ1v) is 13.7. The lowest BCUT2D eigenvalue weighted by Crippen LogP contribution is -2.24. The van der Waals surface area contributed by atoms with Crippen LogP contribution in [0.1, 0.15) is 38.5 Å². The van der Waals surface area contributed by atoms with Gasteiger partial charge in [-0.1, -0.05) is 136 Å². The van der Waals surface area contributed by atoms with E-state index in [4.69, 9.17) is 0 Å². The second kappa shape index (κ2) is 11.0. The highest BCUT2D eigenvalue weighted by molar-refractivity contribution is 14.1. The fourth-order valence-corrected chi connectivity index (χ4v) is 8.60. The van der Waals surface area contributed by atoms with Crippen molar-refractivity contribution in [2.45, 2.75) is 62.1 Å². The molecule has 6 heteroatoms. The summed E-state index contributed by atoms with van der Waals surface area (Å²) in [5.41, 5.74) is 0. The molecule has 0 heterocycles. The summed E-state index contributed by atoms with van der Waals surface area (Å²) >= 11 is 15.1. The predicted octanol–water partition coefficient (Wildman–Crippen LogP) is 7.16. The zero-order chi connectivity index (χ0) is 13.7. The first-order chi connectivity index (χ1) is 8.40. The van der Waals surface area contributed by atoms with Gasteiger partial charge >= 0.3 is 0 Å². The highest BCUT2D eigenvalue weighted by Gasteiger charge is 2.25. The van der Waals surface area contributed by atoms with Gasteiger partial charge in [0, 0.05) is 23.5 Å². The monoisotopic (exact) mass is 924 g/mol. The van der Waals surface area contributed by atoms with Crippen molar-refractivity contribution in [2.24, 2.45) is 0 Å². The SMILES string of the molecule is IC1CC(I)C1.IC1CCC1I.IC1CCC1I. The van der Waals surface area contributed by atoms with E-state index in [0.717, 1.165) is 23.5 Å². The minimum absolute atomic E-state index is 0.989. The van der Waals surface area contributed by atoms with Crippen LogP contribution >= 0.6 is 136 Å². The third kappa shape index (κ3) is 8.29. The van der Waals surface area contributed by atoms with Crippen LogP contribution in [0, 0.1) is 0 Å². The molecule has 3 saturated carbocycles. The summed E-state index contributed by atoms with van der Waals surface area (Å²) in [7, 11) is 0. The normalized spacial score (nSPS) is 45.0. The molecule has 4 atom stereocenters. The molecule has 4 unspecified atom stereocenters. The predicted molar refractivity (Wildman–Crippen MR) is 135 cm³/mol. The van der Waals surface area contributed by atoms with E-state index >= 15 is 0 Å². The van der Waals surface area contributed by atoms with Crippen LogP contribution < -0.4 is 0 Å². The lowest BCUT2D eigenvalue weighted by atomic mass is 10.0. The van der Waals surface area contributed by atoms with Gasteiger partial charge in [-0.3, -0.25) is 0 Å². The molecule has 0 aromatic rings. The molecule has 108 valence electrons. The summed E-state index contributed by atoms with van der Waals surface area (Å²) in [5.74, 6) is 0. The van der Waals surface area contributed by atoms with E-state index in [0.29, 0.717) is 0 Å². The number of alkyl halides is 6. The van der Waals surface area contributed by atoms with Crippen molar-refractivity contribution in [1.82, 2.24) is 0 Å². The minimum atomic E-state index is 0.989. The van der Waals surface area contributed by atoms with Crippen LogP contribution in [0.25, 0.3) is 0 Å². The summed E-state index contributed by atoms with van der Waals surface area (Å²) in [6, 6.07) is 0. The van der Waals surface area contributed by atoms with Crippen LogP contribution in [-0.4, -0.2) is 23.5 Å². The van der Waals surface area contributed by atoms with Crippen molar-refractivity contribution in [2.75, 3.05) is 0 Å². The molecule has 0 spiro atoms. The molecule has 0 nitrogen and oxygen atoms in total. The van der Waals surface area contributed by atoms with Gasteiger partial charge in [0.1, 0.15) is 0 Å².